The van der Waals surface area contributed by atoms with Gasteiger partial charge in [0.15, 0.2) is 5.65 Å². The maximum absolute atomic E-state index is 11.4. The molecule has 0 aliphatic heterocycles. The molecule has 1 saturated carbocycles. The molecule has 0 amide bonds. The molecule has 0 radical (unpaired) electrons. The molecule has 2 heterocycles. The minimum atomic E-state index is -0.305. The molecule has 2 aromatic heterocycles. The molecular formula is C12H17N5O. The molecule has 2 N–H and O–H groups in total. The third-order valence-electron chi connectivity index (χ3n) is 3.78. The summed E-state index contributed by atoms with van der Waals surface area (Å²) >= 11 is 0. The summed E-state index contributed by atoms with van der Waals surface area (Å²) in [7, 11) is 0. The SMILES string of the molecule is CC1(CNc2ccc3n[nH]c(=O)n3n2)CCCC1. The van der Waals surface area contributed by atoms with E-state index in [9.17, 15) is 4.79 Å². The van der Waals surface area contributed by atoms with Crippen molar-refractivity contribution in [3.05, 3.63) is 22.6 Å². The summed E-state index contributed by atoms with van der Waals surface area (Å²) in [5, 5.41) is 13.8. The van der Waals surface area contributed by atoms with E-state index in [1.165, 1.54) is 30.2 Å². The monoisotopic (exact) mass is 247 g/mol. The van der Waals surface area contributed by atoms with Gasteiger partial charge < -0.3 is 5.32 Å². The highest BCUT2D eigenvalue weighted by molar-refractivity contribution is 5.43. The normalized spacial score (nSPS) is 18.3. The van der Waals surface area contributed by atoms with Crippen molar-refractivity contribution in [3.8, 4) is 0 Å². The molecule has 18 heavy (non-hydrogen) atoms. The Labute approximate surface area is 104 Å². The molecule has 0 aromatic carbocycles. The first-order chi connectivity index (χ1) is 8.66. The van der Waals surface area contributed by atoms with E-state index in [1.54, 1.807) is 6.07 Å². The van der Waals surface area contributed by atoms with Crippen LogP contribution in [0, 0.1) is 5.41 Å². The summed E-state index contributed by atoms with van der Waals surface area (Å²) in [5.74, 6) is 0.721. The second-order valence-corrected chi connectivity index (χ2v) is 5.39. The molecule has 1 fully saturated rings. The van der Waals surface area contributed by atoms with Gasteiger partial charge in [0.1, 0.15) is 5.82 Å². The highest BCUT2D eigenvalue weighted by Gasteiger charge is 2.28. The maximum atomic E-state index is 11.4. The van der Waals surface area contributed by atoms with Crippen molar-refractivity contribution >= 4 is 11.5 Å². The van der Waals surface area contributed by atoms with Crippen LogP contribution >= 0.6 is 0 Å². The largest absolute Gasteiger partial charge is 0.368 e. The number of rotatable bonds is 3. The molecule has 3 rings (SSSR count). The number of H-pyrrole nitrogens is 1. The quantitative estimate of drug-likeness (QED) is 0.860. The van der Waals surface area contributed by atoms with Crippen LogP contribution in [0.3, 0.4) is 0 Å². The molecule has 0 bridgehead atoms. The fraction of sp³-hybridized carbons (Fsp3) is 0.583. The van der Waals surface area contributed by atoms with Crippen LogP contribution in [0.1, 0.15) is 32.6 Å². The highest BCUT2D eigenvalue weighted by Crippen LogP contribution is 2.37. The van der Waals surface area contributed by atoms with Gasteiger partial charge in [-0.15, -0.1) is 5.10 Å². The van der Waals surface area contributed by atoms with Gasteiger partial charge in [-0.1, -0.05) is 19.8 Å². The average Bonchev–Trinajstić information content (AvgIpc) is 2.95. The zero-order chi connectivity index (χ0) is 12.6. The van der Waals surface area contributed by atoms with Gasteiger partial charge in [-0.05, 0) is 30.4 Å². The molecule has 6 heteroatoms. The highest BCUT2D eigenvalue weighted by atomic mass is 16.2. The Bertz CT molecular complexity index is 608. The number of nitrogens with zero attached hydrogens (tertiary/aromatic N) is 3. The Balaban J connectivity index is 1.78. The van der Waals surface area contributed by atoms with Gasteiger partial charge in [0, 0.05) is 6.54 Å². The number of hydrogen-bond acceptors (Lipinski definition) is 4. The lowest BCUT2D eigenvalue weighted by Crippen LogP contribution is -2.24. The van der Waals surface area contributed by atoms with Crippen LogP contribution < -0.4 is 11.0 Å². The molecule has 0 atom stereocenters. The van der Waals surface area contributed by atoms with E-state index in [0.29, 0.717) is 11.1 Å². The minimum absolute atomic E-state index is 0.305. The third kappa shape index (κ3) is 1.98. The second-order valence-electron chi connectivity index (χ2n) is 5.39. The minimum Gasteiger partial charge on any atom is -0.368 e. The van der Waals surface area contributed by atoms with Crippen LogP contribution in [-0.4, -0.2) is 26.4 Å². The van der Waals surface area contributed by atoms with E-state index >= 15 is 0 Å². The van der Waals surface area contributed by atoms with Crippen molar-refractivity contribution in [2.45, 2.75) is 32.6 Å². The van der Waals surface area contributed by atoms with Gasteiger partial charge in [0.2, 0.25) is 0 Å². The van der Waals surface area contributed by atoms with E-state index in [-0.39, 0.29) is 5.69 Å². The van der Waals surface area contributed by atoms with E-state index in [1.807, 2.05) is 6.07 Å². The maximum Gasteiger partial charge on any atom is 0.364 e. The number of hydrogen-bond donors (Lipinski definition) is 2. The predicted octanol–water partition coefficient (Wildman–Crippen LogP) is 1.41. The predicted molar refractivity (Wildman–Crippen MR) is 68.7 cm³/mol. The summed E-state index contributed by atoms with van der Waals surface area (Å²) < 4.78 is 1.28. The molecule has 2 aromatic rings. The number of nitrogens with one attached hydrogen (secondary N) is 2. The molecule has 1 aliphatic rings. The van der Waals surface area contributed by atoms with Crippen LogP contribution in [-0.2, 0) is 0 Å². The van der Waals surface area contributed by atoms with Gasteiger partial charge in [-0.25, -0.2) is 9.89 Å². The molecular weight excluding hydrogens is 230 g/mol. The molecule has 0 saturated heterocycles. The van der Waals surface area contributed by atoms with Crippen molar-refractivity contribution in [1.82, 2.24) is 19.8 Å². The van der Waals surface area contributed by atoms with Crippen molar-refractivity contribution in [3.63, 3.8) is 0 Å². The van der Waals surface area contributed by atoms with Crippen LogP contribution in [0.4, 0.5) is 5.82 Å². The van der Waals surface area contributed by atoms with E-state index in [2.05, 4.69) is 27.5 Å². The molecule has 0 unspecified atom stereocenters. The van der Waals surface area contributed by atoms with Crippen LogP contribution in [0.2, 0.25) is 0 Å². The van der Waals surface area contributed by atoms with E-state index < -0.39 is 0 Å². The van der Waals surface area contributed by atoms with Crippen molar-refractivity contribution in [2.75, 3.05) is 11.9 Å². The average molecular weight is 247 g/mol. The zero-order valence-electron chi connectivity index (χ0n) is 10.4. The van der Waals surface area contributed by atoms with Crippen molar-refractivity contribution in [1.29, 1.82) is 0 Å². The summed E-state index contributed by atoms with van der Waals surface area (Å²) in [6.07, 6.45) is 5.14. The number of anilines is 1. The fourth-order valence-corrected chi connectivity index (χ4v) is 2.61. The number of aromatic amines is 1. The molecule has 0 spiro atoms. The summed E-state index contributed by atoms with van der Waals surface area (Å²) in [6.45, 7) is 3.20. The van der Waals surface area contributed by atoms with Crippen LogP contribution in [0.25, 0.3) is 5.65 Å². The van der Waals surface area contributed by atoms with Crippen molar-refractivity contribution < 1.29 is 0 Å². The summed E-state index contributed by atoms with van der Waals surface area (Å²) in [4.78, 5) is 11.4. The van der Waals surface area contributed by atoms with Gasteiger partial charge in [0.25, 0.3) is 0 Å². The summed E-state index contributed by atoms with van der Waals surface area (Å²) in [5.41, 5.74) is 0.594. The lowest BCUT2D eigenvalue weighted by Gasteiger charge is -2.23. The molecule has 1 aliphatic carbocycles. The smallest absolute Gasteiger partial charge is 0.364 e. The first-order valence-electron chi connectivity index (χ1n) is 6.35. The number of fused-ring (bicyclic) bond motifs is 1. The summed E-state index contributed by atoms with van der Waals surface area (Å²) in [6, 6.07) is 3.64. The lowest BCUT2D eigenvalue weighted by molar-refractivity contribution is 0.361. The molecule has 96 valence electrons. The lowest BCUT2D eigenvalue weighted by atomic mass is 9.89. The Morgan fingerprint density at radius 2 is 2.22 bits per heavy atom. The van der Waals surface area contributed by atoms with Gasteiger partial charge >= 0.3 is 5.69 Å². The first kappa shape index (κ1) is 11.3. The van der Waals surface area contributed by atoms with E-state index in [4.69, 9.17) is 0 Å². The van der Waals surface area contributed by atoms with Crippen molar-refractivity contribution in [2.24, 2.45) is 5.41 Å². The Morgan fingerprint density at radius 3 is 3.00 bits per heavy atom. The standard InChI is InChI=1S/C12H17N5O/c1-12(6-2-3-7-12)8-13-9-4-5-10-14-15-11(18)17(10)16-9/h4-5H,2-3,6-8H2,1H3,(H,13,16)(H,15,18). The fourth-order valence-electron chi connectivity index (χ4n) is 2.61. The van der Waals surface area contributed by atoms with Gasteiger partial charge in [-0.2, -0.15) is 9.61 Å². The van der Waals surface area contributed by atoms with Crippen LogP contribution in [0.15, 0.2) is 16.9 Å². The zero-order valence-corrected chi connectivity index (χ0v) is 10.4. The van der Waals surface area contributed by atoms with E-state index in [0.717, 1.165) is 12.4 Å². The Morgan fingerprint density at radius 1 is 1.44 bits per heavy atom. The first-order valence-corrected chi connectivity index (χ1v) is 6.35. The van der Waals surface area contributed by atoms with Gasteiger partial charge in [0.05, 0.1) is 0 Å². The second kappa shape index (κ2) is 4.12. The Hall–Kier alpha value is -1.85. The third-order valence-corrected chi connectivity index (χ3v) is 3.78. The van der Waals surface area contributed by atoms with Gasteiger partial charge in [-0.3, -0.25) is 0 Å². The molecule has 6 nitrogen and oxygen atoms in total. The topological polar surface area (TPSA) is 75.1 Å². The number of aromatic nitrogens is 4. The van der Waals surface area contributed by atoms with Crippen LogP contribution in [0.5, 0.6) is 0 Å². The Kier molecular flexibility index (Phi) is 2.57.